The Morgan fingerprint density at radius 3 is 1.25 bits per heavy atom. The molecular weight excluding hydrogens is 318 g/mol. The average molecular weight is 333 g/mol. The summed E-state index contributed by atoms with van der Waals surface area (Å²) in [4.78, 5) is 0. The topological polar surface area (TPSA) is 18.5 Å². The summed E-state index contributed by atoms with van der Waals surface area (Å²) in [7, 11) is 0. The van der Waals surface area contributed by atoms with Crippen molar-refractivity contribution in [1.82, 2.24) is 0 Å². The number of hydrogen-bond acceptors (Lipinski definition) is 6. The van der Waals surface area contributed by atoms with Gasteiger partial charge in [-0.2, -0.15) is 0 Å². The summed E-state index contributed by atoms with van der Waals surface area (Å²) in [5.41, 5.74) is 0. The first kappa shape index (κ1) is 27.2. The third kappa shape index (κ3) is 36.0. The van der Waals surface area contributed by atoms with Crippen LogP contribution < -0.4 is 80.9 Å². The van der Waals surface area contributed by atoms with Crippen molar-refractivity contribution >= 4 is 58.5 Å². The molecule has 84 valence electrons. The van der Waals surface area contributed by atoms with E-state index in [9.17, 15) is 0 Å². The van der Waals surface area contributed by atoms with Crippen molar-refractivity contribution in [2.24, 2.45) is 0 Å². The fraction of sp³-hybridized carbons (Fsp3) is 0.750. The van der Waals surface area contributed by atoms with Crippen LogP contribution in [0.2, 0.25) is 0 Å². The molecule has 0 radical (unpaired) electrons. The van der Waals surface area contributed by atoms with Gasteiger partial charge in [0.2, 0.25) is 0 Å². The van der Waals surface area contributed by atoms with Crippen LogP contribution in [0.4, 0.5) is 0 Å². The molecule has 0 heterocycles. The average Bonchev–Trinajstić information content (AvgIpc) is 2.12. The minimum atomic E-state index is 0. The fourth-order valence-corrected chi connectivity index (χ4v) is 0.704. The van der Waals surface area contributed by atoms with Crippen LogP contribution in [0.3, 0.4) is 0 Å². The van der Waals surface area contributed by atoms with Crippen LogP contribution in [0.1, 0.15) is 26.7 Å². The van der Waals surface area contributed by atoms with E-state index in [1.54, 1.807) is 0 Å². The van der Waals surface area contributed by atoms with Crippen molar-refractivity contribution < 1.29 is 90.4 Å². The molecule has 0 saturated carbocycles. The molecule has 0 aliphatic rings. The van der Waals surface area contributed by atoms with Gasteiger partial charge in [0.05, 0.1) is 13.2 Å². The second-order valence-corrected chi connectivity index (χ2v) is 4.20. The maximum absolute atomic E-state index is 4.74. The van der Waals surface area contributed by atoms with E-state index in [0.717, 1.165) is 12.8 Å². The van der Waals surface area contributed by atoms with Gasteiger partial charge in [-0.1, -0.05) is 13.8 Å². The van der Waals surface area contributed by atoms with Crippen LogP contribution in [-0.4, -0.2) is 22.0 Å². The molecule has 0 saturated heterocycles. The minimum Gasteiger partial charge on any atom is -0.514 e. The molecule has 2 nitrogen and oxygen atoms in total. The van der Waals surface area contributed by atoms with E-state index < -0.39 is 0 Å². The van der Waals surface area contributed by atoms with Crippen molar-refractivity contribution in [3.05, 3.63) is 0 Å². The van der Waals surface area contributed by atoms with E-state index in [-0.39, 0.29) is 89.7 Å². The summed E-state index contributed by atoms with van der Waals surface area (Å²) in [6.07, 6.45) is 1.94. The number of thiocarbonyl (C=S) groups is 2. The van der Waals surface area contributed by atoms with Gasteiger partial charge in [-0.05, 0) is 12.8 Å². The van der Waals surface area contributed by atoms with Crippen molar-refractivity contribution in [3.8, 4) is 0 Å². The summed E-state index contributed by atoms with van der Waals surface area (Å²) in [5, 5.41) is 0. The summed E-state index contributed by atoms with van der Waals surface area (Å²) in [6, 6.07) is 0. The minimum absolute atomic E-state index is 0. The molecule has 16 heavy (non-hydrogen) atoms. The van der Waals surface area contributed by atoms with Crippen LogP contribution in [0.15, 0.2) is 0 Å². The molecule has 0 aliphatic heterocycles. The van der Waals surface area contributed by atoms with E-state index in [0.29, 0.717) is 13.2 Å². The third-order valence-corrected chi connectivity index (χ3v) is 1.32. The Morgan fingerprint density at radius 1 is 0.938 bits per heavy atom. The third-order valence-electron chi connectivity index (χ3n) is 0.848. The second-order valence-electron chi connectivity index (χ2n) is 2.20. The SMILES string of the molecule is CCCOC(=S)[S-].CCCOC(=S)[S-].[K+].[Na+]. The van der Waals surface area contributed by atoms with Gasteiger partial charge in [0.25, 0.3) is 0 Å². The Balaban J connectivity index is -0.0000000800. The quantitative estimate of drug-likeness (QED) is 0.300. The maximum atomic E-state index is 4.74. The van der Waals surface area contributed by atoms with Gasteiger partial charge in [0, 0.05) is 8.77 Å². The summed E-state index contributed by atoms with van der Waals surface area (Å²) < 4.78 is 9.92. The first-order valence-corrected chi connectivity index (χ1v) is 5.85. The molecule has 0 rings (SSSR count). The van der Waals surface area contributed by atoms with Crippen LogP contribution >= 0.6 is 24.4 Å². The van der Waals surface area contributed by atoms with Crippen molar-refractivity contribution in [3.63, 3.8) is 0 Å². The molecule has 0 spiro atoms. The van der Waals surface area contributed by atoms with Gasteiger partial charge >= 0.3 is 80.9 Å². The Hall–Kier alpha value is 2.86. The van der Waals surface area contributed by atoms with Gasteiger partial charge in [-0.3, -0.25) is 0 Å². The zero-order valence-electron chi connectivity index (χ0n) is 10.3. The molecule has 0 amide bonds. The van der Waals surface area contributed by atoms with E-state index in [4.69, 9.17) is 9.47 Å². The number of ether oxygens (including phenoxy) is 2. The van der Waals surface area contributed by atoms with Crippen molar-refractivity contribution in [1.29, 1.82) is 0 Å². The molecule has 0 aromatic carbocycles. The fourth-order valence-electron chi connectivity index (χ4n) is 0.371. The van der Waals surface area contributed by atoms with E-state index >= 15 is 0 Å². The van der Waals surface area contributed by atoms with Gasteiger partial charge in [-0.15, -0.1) is 0 Å². The van der Waals surface area contributed by atoms with Crippen LogP contribution in [0.25, 0.3) is 0 Å². The monoisotopic (exact) mass is 332 g/mol. The smallest absolute Gasteiger partial charge is 0.514 e. The largest absolute Gasteiger partial charge is 1.00 e. The molecule has 0 aliphatic carbocycles. The summed E-state index contributed by atoms with van der Waals surface area (Å²) >= 11 is 17.8. The van der Waals surface area contributed by atoms with Gasteiger partial charge in [-0.25, -0.2) is 0 Å². The van der Waals surface area contributed by atoms with Gasteiger partial charge in [0.1, 0.15) is 0 Å². The maximum Gasteiger partial charge on any atom is 1.00 e. The van der Waals surface area contributed by atoms with Gasteiger partial charge in [0.15, 0.2) is 0 Å². The molecule has 0 N–H and O–H groups in total. The van der Waals surface area contributed by atoms with Crippen molar-refractivity contribution in [2.75, 3.05) is 13.2 Å². The Bertz CT molecular complexity index is 154. The standard InChI is InChI=1S/2C4H8OS2.K.Na/c2*1-2-3-5-4(6)7;;/h2*2-3H2,1H3,(H,6,7);;/q;;2*+1/p-2. The Morgan fingerprint density at radius 2 is 1.19 bits per heavy atom. The van der Waals surface area contributed by atoms with E-state index in [1.165, 1.54) is 0 Å². The second kappa shape index (κ2) is 23.0. The number of hydrogen-bond donors (Lipinski definition) is 0. The normalized spacial score (nSPS) is 7.12. The summed E-state index contributed by atoms with van der Waals surface area (Å²) in [6.45, 7) is 5.33. The molecular formula is C8H14KNaO2S4. The van der Waals surface area contributed by atoms with Crippen LogP contribution in [0, 0.1) is 0 Å². The van der Waals surface area contributed by atoms with E-state index in [1.807, 2.05) is 13.8 Å². The molecule has 8 heteroatoms. The predicted octanol–water partition coefficient (Wildman–Crippen LogP) is -3.50. The molecule has 0 aromatic rings. The number of rotatable bonds is 4. The van der Waals surface area contributed by atoms with Crippen LogP contribution in [0.5, 0.6) is 0 Å². The molecule has 0 bridgehead atoms. The van der Waals surface area contributed by atoms with Gasteiger partial charge < -0.3 is 59.2 Å². The zero-order chi connectivity index (χ0) is 11.4. The summed E-state index contributed by atoms with van der Waals surface area (Å²) in [5.74, 6) is 0. The van der Waals surface area contributed by atoms with E-state index in [2.05, 4.69) is 49.7 Å². The molecule has 0 fully saturated rings. The van der Waals surface area contributed by atoms with Crippen LogP contribution in [-0.2, 0) is 34.7 Å². The Labute approximate surface area is 185 Å². The Kier molecular flexibility index (Phi) is 39.1. The first-order valence-electron chi connectivity index (χ1n) is 4.22. The molecule has 0 atom stereocenters. The van der Waals surface area contributed by atoms with Crippen molar-refractivity contribution in [2.45, 2.75) is 26.7 Å². The molecule has 0 unspecified atom stereocenters. The zero-order valence-corrected chi connectivity index (χ0v) is 18.7. The predicted molar refractivity (Wildman–Crippen MR) is 72.4 cm³/mol. The first-order chi connectivity index (χ1) is 6.54. The molecule has 0 aromatic heterocycles.